The van der Waals surface area contributed by atoms with E-state index in [4.69, 9.17) is 0 Å². The minimum Gasteiger partial charge on any atom is -0.508 e. The van der Waals surface area contributed by atoms with E-state index in [1.807, 2.05) is 18.2 Å². The first-order chi connectivity index (χ1) is 7.59. The molecule has 0 radical (unpaired) electrons. The largest absolute Gasteiger partial charge is 0.508 e. The standard InChI is InChI=1S/C14H23NO/c1-11(2)10-12(3)15-9-8-13-6-4-5-7-14(13)16/h4-7,11-12,15-16H,8-10H2,1-3H3. The van der Waals surface area contributed by atoms with Crippen LogP contribution in [-0.4, -0.2) is 17.7 Å². The van der Waals surface area contributed by atoms with Gasteiger partial charge in [0, 0.05) is 6.04 Å². The van der Waals surface area contributed by atoms with Crippen LogP contribution in [0.3, 0.4) is 0 Å². The SMILES string of the molecule is CC(C)CC(C)NCCc1ccccc1O. The van der Waals surface area contributed by atoms with Gasteiger partial charge in [-0.05, 0) is 43.9 Å². The molecule has 0 amide bonds. The zero-order chi connectivity index (χ0) is 12.0. The summed E-state index contributed by atoms with van der Waals surface area (Å²) >= 11 is 0. The van der Waals surface area contributed by atoms with Gasteiger partial charge in [0.2, 0.25) is 0 Å². The number of phenols is 1. The maximum absolute atomic E-state index is 9.59. The van der Waals surface area contributed by atoms with E-state index < -0.39 is 0 Å². The van der Waals surface area contributed by atoms with Crippen LogP contribution in [0.15, 0.2) is 24.3 Å². The van der Waals surface area contributed by atoms with Gasteiger partial charge in [-0.2, -0.15) is 0 Å². The maximum atomic E-state index is 9.59. The van der Waals surface area contributed by atoms with Crippen LogP contribution in [0.5, 0.6) is 5.75 Å². The normalized spacial score (nSPS) is 13.0. The molecule has 0 bridgehead atoms. The van der Waals surface area contributed by atoms with Crippen LogP contribution >= 0.6 is 0 Å². The van der Waals surface area contributed by atoms with Crippen LogP contribution in [0, 0.1) is 5.92 Å². The second-order valence-electron chi connectivity index (χ2n) is 4.86. The van der Waals surface area contributed by atoms with Crippen molar-refractivity contribution in [3.05, 3.63) is 29.8 Å². The van der Waals surface area contributed by atoms with Crippen LogP contribution in [-0.2, 0) is 6.42 Å². The number of hydrogen-bond acceptors (Lipinski definition) is 2. The molecule has 1 aromatic rings. The molecule has 2 heteroatoms. The molecule has 0 aliphatic heterocycles. The van der Waals surface area contributed by atoms with Gasteiger partial charge < -0.3 is 10.4 Å². The second-order valence-corrected chi connectivity index (χ2v) is 4.86. The molecular weight excluding hydrogens is 198 g/mol. The van der Waals surface area contributed by atoms with E-state index in [0.29, 0.717) is 11.8 Å². The highest BCUT2D eigenvalue weighted by Crippen LogP contribution is 2.15. The van der Waals surface area contributed by atoms with E-state index >= 15 is 0 Å². The van der Waals surface area contributed by atoms with Gasteiger partial charge in [0.25, 0.3) is 0 Å². The van der Waals surface area contributed by atoms with Crippen LogP contribution in [0.4, 0.5) is 0 Å². The third-order valence-electron chi connectivity index (χ3n) is 2.70. The minimum atomic E-state index is 0.404. The Bertz CT molecular complexity index is 309. The van der Waals surface area contributed by atoms with Crippen molar-refractivity contribution in [3.8, 4) is 5.75 Å². The van der Waals surface area contributed by atoms with Crippen molar-refractivity contribution in [2.75, 3.05) is 6.54 Å². The molecule has 2 nitrogen and oxygen atoms in total. The van der Waals surface area contributed by atoms with Crippen LogP contribution in [0.2, 0.25) is 0 Å². The molecule has 2 N–H and O–H groups in total. The van der Waals surface area contributed by atoms with Crippen molar-refractivity contribution < 1.29 is 5.11 Å². The Morgan fingerprint density at radius 2 is 1.88 bits per heavy atom. The second kappa shape index (κ2) is 6.54. The molecule has 0 fully saturated rings. The summed E-state index contributed by atoms with van der Waals surface area (Å²) in [4.78, 5) is 0. The number of phenolic OH excluding ortho intramolecular Hbond substituents is 1. The summed E-state index contributed by atoms with van der Waals surface area (Å²) in [6.45, 7) is 7.61. The summed E-state index contributed by atoms with van der Waals surface area (Å²) in [5.74, 6) is 1.13. The molecule has 1 rings (SSSR count). The first-order valence-electron chi connectivity index (χ1n) is 6.10. The van der Waals surface area contributed by atoms with Gasteiger partial charge in [0.05, 0.1) is 0 Å². The number of nitrogens with one attached hydrogen (secondary N) is 1. The molecular formula is C14H23NO. The number of para-hydroxylation sites is 1. The number of rotatable bonds is 6. The van der Waals surface area contributed by atoms with Crippen molar-refractivity contribution >= 4 is 0 Å². The number of aromatic hydroxyl groups is 1. The van der Waals surface area contributed by atoms with E-state index in [1.54, 1.807) is 6.07 Å². The highest BCUT2D eigenvalue weighted by Gasteiger charge is 2.04. The van der Waals surface area contributed by atoms with Crippen LogP contribution in [0.1, 0.15) is 32.8 Å². The molecule has 90 valence electrons. The fourth-order valence-corrected chi connectivity index (χ4v) is 1.97. The Morgan fingerprint density at radius 1 is 1.19 bits per heavy atom. The van der Waals surface area contributed by atoms with Gasteiger partial charge in [-0.3, -0.25) is 0 Å². The molecule has 0 saturated heterocycles. The van der Waals surface area contributed by atoms with Gasteiger partial charge >= 0.3 is 0 Å². The lowest BCUT2D eigenvalue weighted by atomic mass is 10.0. The third-order valence-corrected chi connectivity index (χ3v) is 2.70. The van der Waals surface area contributed by atoms with Crippen molar-refractivity contribution in [1.82, 2.24) is 5.32 Å². The van der Waals surface area contributed by atoms with Crippen LogP contribution < -0.4 is 5.32 Å². The van der Waals surface area contributed by atoms with Crippen molar-refractivity contribution in [1.29, 1.82) is 0 Å². The minimum absolute atomic E-state index is 0.404. The molecule has 1 aromatic carbocycles. The van der Waals surface area contributed by atoms with Gasteiger partial charge in [-0.15, -0.1) is 0 Å². The predicted octanol–water partition coefficient (Wildman–Crippen LogP) is 2.96. The summed E-state index contributed by atoms with van der Waals surface area (Å²) < 4.78 is 0. The molecule has 0 spiro atoms. The number of hydrogen-bond donors (Lipinski definition) is 2. The monoisotopic (exact) mass is 221 g/mol. The average molecular weight is 221 g/mol. The Labute approximate surface area is 98.7 Å². The maximum Gasteiger partial charge on any atom is 0.118 e. The van der Waals surface area contributed by atoms with E-state index in [1.165, 1.54) is 6.42 Å². The van der Waals surface area contributed by atoms with E-state index in [-0.39, 0.29) is 0 Å². The Hall–Kier alpha value is -1.02. The highest BCUT2D eigenvalue weighted by atomic mass is 16.3. The lowest BCUT2D eigenvalue weighted by Gasteiger charge is -2.16. The predicted molar refractivity (Wildman–Crippen MR) is 68.7 cm³/mol. The molecule has 1 unspecified atom stereocenters. The van der Waals surface area contributed by atoms with Gasteiger partial charge in [0.15, 0.2) is 0 Å². The molecule has 1 atom stereocenters. The lowest BCUT2D eigenvalue weighted by molar-refractivity contribution is 0.438. The molecule has 0 aliphatic carbocycles. The molecule has 0 heterocycles. The third kappa shape index (κ3) is 4.67. The smallest absolute Gasteiger partial charge is 0.118 e. The van der Waals surface area contributed by atoms with E-state index in [9.17, 15) is 5.11 Å². The first kappa shape index (κ1) is 13.0. The summed E-state index contributed by atoms with van der Waals surface area (Å²) in [6.07, 6.45) is 2.08. The molecule has 16 heavy (non-hydrogen) atoms. The zero-order valence-corrected chi connectivity index (χ0v) is 10.5. The molecule has 0 saturated carbocycles. The Kier molecular flexibility index (Phi) is 5.33. The average Bonchev–Trinajstić information content (AvgIpc) is 2.19. The van der Waals surface area contributed by atoms with E-state index in [0.717, 1.165) is 24.4 Å². The molecule has 0 aromatic heterocycles. The molecule has 0 aliphatic rings. The quantitative estimate of drug-likeness (QED) is 0.774. The summed E-state index contributed by atoms with van der Waals surface area (Å²) in [7, 11) is 0. The van der Waals surface area contributed by atoms with Gasteiger partial charge in [0.1, 0.15) is 5.75 Å². The zero-order valence-electron chi connectivity index (χ0n) is 10.5. The van der Waals surface area contributed by atoms with E-state index in [2.05, 4.69) is 26.1 Å². The topological polar surface area (TPSA) is 32.3 Å². The first-order valence-corrected chi connectivity index (χ1v) is 6.10. The van der Waals surface area contributed by atoms with Crippen LogP contribution in [0.25, 0.3) is 0 Å². The van der Waals surface area contributed by atoms with Gasteiger partial charge in [-0.1, -0.05) is 32.0 Å². The highest BCUT2D eigenvalue weighted by molar-refractivity contribution is 5.31. The fourth-order valence-electron chi connectivity index (χ4n) is 1.97. The summed E-state index contributed by atoms with van der Waals surface area (Å²) in [5, 5.41) is 13.1. The summed E-state index contributed by atoms with van der Waals surface area (Å²) in [6, 6.07) is 8.09. The Morgan fingerprint density at radius 3 is 2.50 bits per heavy atom. The van der Waals surface area contributed by atoms with Gasteiger partial charge in [-0.25, -0.2) is 0 Å². The van der Waals surface area contributed by atoms with Crippen molar-refractivity contribution in [3.63, 3.8) is 0 Å². The van der Waals surface area contributed by atoms with Crippen molar-refractivity contribution in [2.45, 2.75) is 39.7 Å². The number of benzene rings is 1. The summed E-state index contributed by atoms with van der Waals surface area (Å²) in [5.41, 5.74) is 1.02. The van der Waals surface area contributed by atoms with Crippen molar-refractivity contribution in [2.24, 2.45) is 5.92 Å². The Balaban J connectivity index is 2.28. The lowest BCUT2D eigenvalue weighted by Crippen LogP contribution is -2.29. The fraction of sp³-hybridized carbons (Fsp3) is 0.571.